The molecule has 0 radical (unpaired) electrons. The number of carboxylic acid groups (broad SMARTS) is 1. The molecule has 2 aromatic rings. The lowest BCUT2D eigenvalue weighted by molar-refractivity contribution is -0.269. The summed E-state index contributed by atoms with van der Waals surface area (Å²) in [6.07, 6.45) is 0.486. The summed E-state index contributed by atoms with van der Waals surface area (Å²) in [6, 6.07) is 5.17. The van der Waals surface area contributed by atoms with Crippen LogP contribution in [0.15, 0.2) is 33.5 Å². The highest BCUT2D eigenvalue weighted by Crippen LogP contribution is 2.39. The second-order valence-corrected chi connectivity index (χ2v) is 5.96. The van der Waals surface area contributed by atoms with Crippen LogP contribution in [-0.2, 0) is 4.79 Å². The topological polar surface area (TPSA) is 103 Å². The molecule has 1 aliphatic heterocycles. The van der Waals surface area contributed by atoms with E-state index in [1.165, 1.54) is 23.9 Å². The maximum Gasteiger partial charge on any atom is 0.336 e. The van der Waals surface area contributed by atoms with Gasteiger partial charge >= 0.3 is 11.6 Å². The first-order valence-electron chi connectivity index (χ1n) is 6.40. The van der Waals surface area contributed by atoms with Gasteiger partial charge in [0.05, 0.1) is 5.37 Å². The van der Waals surface area contributed by atoms with Gasteiger partial charge in [-0.15, -0.1) is 11.8 Å². The van der Waals surface area contributed by atoms with Crippen molar-refractivity contribution in [2.45, 2.75) is 17.8 Å². The second kappa shape index (κ2) is 5.42. The van der Waals surface area contributed by atoms with Crippen LogP contribution in [0.25, 0.3) is 11.0 Å². The molecule has 0 aliphatic carbocycles. The number of carboxylic acids is 1. The standard InChI is InChI=1S/C14H13NO5S/c16-9-3-1-7-2-4-10(17)20-12(7)11(9)13-15-8(14(18)19)5-6-21-13/h1-4,8,13,15-16H,5-6H2,(H,18,19)/p-1. The van der Waals surface area contributed by atoms with Gasteiger partial charge in [-0.05, 0) is 18.2 Å². The van der Waals surface area contributed by atoms with Gasteiger partial charge < -0.3 is 14.6 Å². The molecule has 1 aromatic carbocycles. The summed E-state index contributed by atoms with van der Waals surface area (Å²) >= 11 is 1.44. The molecule has 1 aromatic heterocycles. The Morgan fingerprint density at radius 3 is 2.90 bits per heavy atom. The van der Waals surface area contributed by atoms with Crippen LogP contribution < -0.4 is 16.0 Å². The van der Waals surface area contributed by atoms with Gasteiger partial charge in [-0.3, -0.25) is 10.1 Å². The number of nitrogens with one attached hydrogen (secondary N) is 1. The Labute approximate surface area is 123 Å². The van der Waals surface area contributed by atoms with E-state index in [0.717, 1.165) is 0 Å². The van der Waals surface area contributed by atoms with E-state index < -0.39 is 23.0 Å². The average Bonchev–Trinajstić information content (AvgIpc) is 2.47. The number of aliphatic carboxylic acids is 1. The van der Waals surface area contributed by atoms with Crippen LogP contribution >= 0.6 is 11.8 Å². The van der Waals surface area contributed by atoms with Crippen LogP contribution in [0.1, 0.15) is 17.4 Å². The predicted molar refractivity (Wildman–Crippen MR) is 76.3 cm³/mol. The van der Waals surface area contributed by atoms with Gasteiger partial charge in [0.25, 0.3) is 0 Å². The molecular formula is C14H12NO5S-. The highest BCUT2D eigenvalue weighted by molar-refractivity contribution is 7.99. The summed E-state index contributed by atoms with van der Waals surface area (Å²) in [5.41, 5.74) is -0.00265. The van der Waals surface area contributed by atoms with Crippen molar-refractivity contribution in [3.05, 3.63) is 40.2 Å². The van der Waals surface area contributed by atoms with E-state index in [2.05, 4.69) is 5.32 Å². The molecule has 0 bridgehead atoms. The third kappa shape index (κ3) is 2.62. The molecule has 3 rings (SSSR count). The third-order valence-electron chi connectivity index (χ3n) is 3.39. The Balaban J connectivity index is 2.10. The Kier molecular flexibility index (Phi) is 3.60. The number of hydrogen-bond donors (Lipinski definition) is 2. The fourth-order valence-electron chi connectivity index (χ4n) is 2.36. The van der Waals surface area contributed by atoms with E-state index in [-0.39, 0.29) is 11.3 Å². The largest absolute Gasteiger partial charge is 0.872 e. The highest BCUT2D eigenvalue weighted by Gasteiger charge is 2.29. The number of thioether (sulfide) groups is 1. The molecule has 6 nitrogen and oxygen atoms in total. The molecule has 0 saturated carbocycles. The number of fused-ring (bicyclic) bond motifs is 1. The minimum atomic E-state index is -0.950. The van der Waals surface area contributed by atoms with Crippen molar-refractivity contribution in [1.29, 1.82) is 0 Å². The summed E-state index contributed by atoms with van der Waals surface area (Å²) in [5.74, 6) is -0.607. The quantitative estimate of drug-likeness (QED) is 0.799. The van der Waals surface area contributed by atoms with Gasteiger partial charge in [-0.25, -0.2) is 4.79 Å². The molecule has 0 spiro atoms. The number of rotatable bonds is 2. The Bertz CT molecular complexity index is 757. The monoisotopic (exact) mass is 306 g/mol. The smallest absolute Gasteiger partial charge is 0.336 e. The van der Waals surface area contributed by atoms with Crippen molar-refractivity contribution >= 4 is 28.7 Å². The Morgan fingerprint density at radius 1 is 1.38 bits per heavy atom. The zero-order valence-corrected chi connectivity index (χ0v) is 11.7. The molecule has 21 heavy (non-hydrogen) atoms. The number of benzene rings is 1. The lowest BCUT2D eigenvalue weighted by atomic mass is 10.1. The minimum Gasteiger partial charge on any atom is -0.872 e. The average molecular weight is 306 g/mol. The molecule has 7 heteroatoms. The molecule has 2 N–H and O–H groups in total. The van der Waals surface area contributed by atoms with Crippen molar-refractivity contribution < 1.29 is 19.4 Å². The van der Waals surface area contributed by atoms with Crippen molar-refractivity contribution in [3.63, 3.8) is 0 Å². The number of carbonyl (C=O) groups is 1. The van der Waals surface area contributed by atoms with Crippen LogP contribution in [0, 0.1) is 0 Å². The van der Waals surface area contributed by atoms with Crippen LogP contribution in [0.2, 0.25) is 0 Å². The minimum absolute atomic E-state index is 0.228. The summed E-state index contributed by atoms with van der Waals surface area (Å²) < 4.78 is 5.17. The van der Waals surface area contributed by atoms with E-state index in [1.807, 2.05) is 0 Å². The maximum absolute atomic E-state index is 12.2. The molecular weight excluding hydrogens is 294 g/mol. The molecule has 0 amide bonds. The van der Waals surface area contributed by atoms with Gasteiger partial charge in [-0.1, -0.05) is 17.9 Å². The molecule has 1 aliphatic rings. The van der Waals surface area contributed by atoms with Crippen molar-refractivity contribution in [2.75, 3.05) is 5.75 Å². The first-order chi connectivity index (χ1) is 10.1. The zero-order valence-electron chi connectivity index (χ0n) is 10.9. The molecule has 2 heterocycles. The van der Waals surface area contributed by atoms with Crippen molar-refractivity contribution in [3.8, 4) is 5.75 Å². The molecule has 2 unspecified atom stereocenters. The van der Waals surface area contributed by atoms with Crippen molar-refractivity contribution in [2.24, 2.45) is 0 Å². The summed E-state index contributed by atoms with van der Waals surface area (Å²) in [5, 5.41) is 24.3. The summed E-state index contributed by atoms with van der Waals surface area (Å²) in [6.45, 7) is 0. The predicted octanol–water partition coefficient (Wildman–Crippen LogP) is 1.04. The van der Waals surface area contributed by atoms with Gasteiger partial charge in [-0.2, -0.15) is 0 Å². The SMILES string of the molecule is O=C(O)C1CCSC(c2c([O-])ccc3ccc(=O)oc23)N1. The van der Waals surface area contributed by atoms with Gasteiger partial charge in [0.2, 0.25) is 0 Å². The van der Waals surface area contributed by atoms with Gasteiger partial charge in [0.1, 0.15) is 11.6 Å². The first-order valence-corrected chi connectivity index (χ1v) is 7.45. The third-order valence-corrected chi connectivity index (χ3v) is 4.57. The molecule has 110 valence electrons. The summed E-state index contributed by atoms with van der Waals surface area (Å²) in [4.78, 5) is 22.5. The van der Waals surface area contributed by atoms with E-state index >= 15 is 0 Å². The van der Waals surface area contributed by atoms with Gasteiger partial charge in [0.15, 0.2) is 0 Å². The number of hydrogen-bond acceptors (Lipinski definition) is 6. The van der Waals surface area contributed by atoms with Crippen molar-refractivity contribution in [1.82, 2.24) is 5.32 Å². The van der Waals surface area contributed by atoms with Crippen LogP contribution in [0.4, 0.5) is 0 Å². The summed E-state index contributed by atoms with van der Waals surface area (Å²) in [7, 11) is 0. The molecule has 2 atom stereocenters. The Hall–Kier alpha value is -1.99. The van der Waals surface area contributed by atoms with E-state index in [0.29, 0.717) is 23.1 Å². The van der Waals surface area contributed by atoms with E-state index in [1.54, 1.807) is 12.1 Å². The lowest BCUT2D eigenvalue weighted by Gasteiger charge is -2.31. The maximum atomic E-state index is 12.2. The fourth-order valence-corrected chi connectivity index (χ4v) is 3.62. The van der Waals surface area contributed by atoms with Crippen LogP contribution in [0.5, 0.6) is 5.75 Å². The molecule has 1 saturated heterocycles. The normalized spacial score (nSPS) is 22.3. The Morgan fingerprint density at radius 2 is 2.14 bits per heavy atom. The van der Waals surface area contributed by atoms with Crippen LogP contribution in [0.3, 0.4) is 0 Å². The molecule has 1 fully saturated rings. The lowest BCUT2D eigenvalue weighted by Crippen LogP contribution is -2.42. The fraction of sp³-hybridized carbons (Fsp3) is 0.286. The van der Waals surface area contributed by atoms with E-state index in [4.69, 9.17) is 9.52 Å². The zero-order chi connectivity index (χ0) is 15.0. The van der Waals surface area contributed by atoms with Gasteiger partial charge in [0, 0.05) is 17.0 Å². The van der Waals surface area contributed by atoms with Crippen LogP contribution in [-0.4, -0.2) is 22.9 Å². The second-order valence-electron chi connectivity index (χ2n) is 4.75. The first kappa shape index (κ1) is 14.0. The highest BCUT2D eigenvalue weighted by atomic mass is 32.2. The van der Waals surface area contributed by atoms with E-state index in [9.17, 15) is 14.7 Å².